The van der Waals surface area contributed by atoms with Crippen molar-refractivity contribution in [3.8, 4) is 0 Å². The molecule has 0 radical (unpaired) electrons. The van der Waals surface area contributed by atoms with Crippen LogP contribution in [0.15, 0.2) is 0 Å². The summed E-state index contributed by atoms with van der Waals surface area (Å²) in [5.41, 5.74) is 4.41. The number of nitrogens with two attached hydrogens (primary N) is 1. The first-order valence-electron chi connectivity index (χ1n) is 4.16. The van der Waals surface area contributed by atoms with Crippen LogP contribution in [0.5, 0.6) is 0 Å². The van der Waals surface area contributed by atoms with Crippen molar-refractivity contribution in [2.24, 2.45) is 5.73 Å². The number of nitrogens with zero attached hydrogens (tertiary/aromatic N) is 1. The molecule has 6 heteroatoms. The van der Waals surface area contributed by atoms with Crippen molar-refractivity contribution in [2.45, 2.75) is 39.3 Å². The molecule has 0 spiro atoms. The van der Waals surface area contributed by atoms with Gasteiger partial charge in [0.25, 0.3) is 5.91 Å². The van der Waals surface area contributed by atoms with E-state index in [-0.39, 0.29) is 5.06 Å². The maximum Gasteiger partial charge on any atom is 0.441 e. The molecule has 0 saturated carbocycles. The Morgan fingerprint density at radius 3 is 2.14 bits per heavy atom. The van der Waals surface area contributed by atoms with Gasteiger partial charge in [-0.2, -0.15) is 0 Å². The Hall–Kier alpha value is -1.14. The molecule has 0 saturated heterocycles. The van der Waals surface area contributed by atoms with Gasteiger partial charge in [0.1, 0.15) is 5.60 Å². The maximum absolute atomic E-state index is 11.1. The monoisotopic (exact) mass is 204 g/mol. The third-order valence-electron chi connectivity index (χ3n) is 1.16. The second-order valence-electron chi connectivity index (χ2n) is 3.92. The minimum absolute atomic E-state index is 0.115. The molecule has 0 heterocycles. The summed E-state index contributed by atoms with van der Waals surface area (Å²) in [7, 11) is 0. The minimum Gasteiger partial charge on any atom is -0.442 e. The summed E-state index contributed by atoms with van der Waals surface area (Å²) in [6, 6.07) is -0.951. The summed E-state index contributed by atoms with van der Waals surface area (Å²) in [5.74, 6) is -0.903. The number of carbonyl (C=O) groups is 2. The van der Waals surface area contributed by atoms with Gasteiger partial charge in [-0.25, -0.2) is 4.79 Å². The standard InChI is InChI=1S/C8H16N2O4/c1-5(9)6(11)10(13)7(12)14-8(2,3)4/h5,13H,9H2,1-4H3/t5-/m1/s1. The maximum atomic E-state index is 11.1. The highest BCUT2D eigenvalue weighted by atomic mass is 16.6. The van der Waals surface area contributed by atoms with Crippen LogP contribution in [0.3, 0.4) is 0 Å². The third-order valence-corrected chi connectivity index (χ3v) is 1.16. The Morgan fingerprint density at radius 1 is 1.43 bits per heavy atom. The molecule has 0 aromatic heterocycles. The van der Waals surface area contributed by atoms with Gasteiger partial charge in [-0.3, -0.25) is 10.0 Å². The molecule has 0 aliphatic carbocycles. The molecule has 1 atom stereocenters. The van der Waals surface area contributed by atoms with Crippen LogP contribution in [0.2, 0.25) is 0 Å². The number of imide groups is 1. The van der Waals surface area contributed by atoms with Gasteiger partial charge in [0.2, 0.25) is 0 Å². The first-order valence-corrected chi connectivity index (χ1v) is 4.16. The van der Waals surface area contributed by atoms with Crippen LogP contribution < -0.4 is 5.73 Å². The Morgan fingerprint density at radius 2 is 1.86 bits per heavy atom. The minimum atomic E-state index is -1.13. The lowest BCUT2D eigenvalue weighted by molar-refractivity contribution is -0.161. The number of rotatable bonds is 1. The second-order valence-corrected chi connectivity index (χ2v) is 3.92. The van der Waals surface area contributed by atoms with Crippen LogP contribution in [0.1, 0.15) is 27.7 Å². The van der Waals surface area contributed by atoms with E-state index < -0.39 is 23.6 Å². The van der Waals surface area contributed by atoms with Crippen molar-refractivity contribution in [1.29, 1.82) is 0 Å². The second kappa shape index (κ2) is 4.39. The van der Waals surface area contributed by atoms with Gasteiger partial charge >= 0.3 is 6.09 Å². The van der Waals surface area contributed by atoms with Gasteiger partial charge in [0.05, 0.1) is 6.04 Å². The van der Waals surface area contributed by atoms with Crippen LogP contribution in [-0.2, 0) is 9.53 Å². The molecular weight excluding hydrogens is 188 g/mol. The molecule has 3 N–H and O–H groups in total. The fourth-order valence-corrected chi connectivity index (χ4v) is 0.588. The zero-order valence-corrected chi connectivity index (χ0v) is 8.77. The van der Waals surface area contributed by atoms with Gasteiger partial charge in [-0.05, 0) is 27.7 Å². The molecule has 2 amide bonds. The molecule has 14 heavy (non-hydrogen) atoms. The lowest BCUT2D eigenvalue weighted by Gasteiger charge is -2.22. The summed E-state index contributed by atoms with van der Waals surface area (Å²) in [4.78, 5) is 22.1. The van der Waals surface area contributed by atoms with E-state index in [2.05, 4.69) is 0 Å². The molecule has 0 rings (SSSR count). The van der Waals surface area contributed by atoms with E-state index in [0.717, 1.165) is 0 Å². The molecule has 0 aromatic carbocycles. The Kier molecular flexibility index (Phi) is 4.03. The highest BCUT2D eigenvalue weighted by Crippen LogP contribution is 2.09. The van der Waals surface area contributed by atoms with E-state index in [1.165, 1.54) is 6.92 Å². The van der Waals surface area contributed by atoms with Crippen LogP contribution in [0.4, 0.5) is 4.79 Å². The summed E-state index contributed by atoms with van der Waals surface area (Å²) in [6.07, 6.45) is -1.13. The van der Waals surface area contributed by atoms with Crippen molar-refractivity contribution >= 4 is 12.0 Å². The molecular formula is C8H16N2O4. The van der Waals surface area contributed by atoms with Gasteiger partial charge < -0.3 is 10.5 Å². The number of ether oxygens (including phenoxy) is 1. The highest BCUT2D eigenvalue weighted by molar-refractivity contribution is 5.93. The zero-order chi connectivity index (χ0) is 11.5. The number of hydrogen-bond donors (Lipinski definition) is 2. The summed E-state index contributed by atoms with van der Waals surface area (Å²) < 4.78 is 4.73. The summed E-state index contributed by atoms with van der Waals surface area (Å²) in [5, 5.41) is 8.93. The van der Waals surface area contributed by atoms with Crippen LogP contribution >= 0.6 is 0 Å². The van der Waals surface area contributed by atoms with E-state index >= 15 is 0 Å². The zero-order valence-electron chi connectivity index (χ0n) is 8.77. The first kappa shape index (κ1) is 12.9. The van der Waals surface area contributed by atoms with E-state index in [1.807, 2.05) is 0 Å². The Labute approximate surface area is 82.6 Å². The van der Waals surface area contributed by atoms with E-state index in [9.17, 15) is 9.59 Å². The summed E-state index contributed by atoms with van der Waals surface area (Å²) in [6.45, 7) is 6.22. The smallest absolute Gasteiger partial charge is 0.441 e. The lowest BCUT2D eigenvalue weighted by Crippen LogP contribution is -2.45. The summed E-state index contributed by atoms with van der Waals surface area (Å²) >= 11 is 0. The largest absolute Gasteiger partial charge is 0.442 e. The SMILES string of the molecule is C[C@@H](N)C(=O)N(O)C(=O)OC(C)(C)C. The molecule has 0 aliphatic rings. The van der Waals surface area contributed by atoms with Gasteiger partial charge in [-0.1, -0.05) is 0 Å². The van der Waals surface area contributed by atoms with Crippen LogP contribution in [0.25, 0.3) is 0 Å². The highest BCUT2D eigenvalue weighted by Gasteiger charge is 2.27. The predicted molar refractivity (Wildman–Crippen MR) is 48.5 cm³/mol. The van der Waals surface area contributed by atoms with Gasteiger partial charge in [-0.15, -0.1) is 5.06 Å². The van der Waals surface area contributed by atoms with Crippen molar-refractivity contribution in [1.82, 2.24) is 5.06 Å². The average Bonchev–Trinajstić information content (AvgIpc) is 1.98. The van der Waals surface area contributed by atoms with E-state index in [1.54, 1.807) is 20.8 Å². The van der Waals surface area contributed by atoms with Crippen LogP contribution in [0, 0.1) is 0 Å². The molecule has 0 bridgehead atoms. The van der Waals surface area contributed by atoms with Crippen LogP contribution in [-0.4, -0.2) is 33.9 Å². The Balaban J connectivity index is 4.34. The van der Waals surface area contributed by atoms with Crippen molar-refractivity contribution in [3.63, 3.8) is 0 Å². The fourth-order valence-electron chi connectivity index (χ4n) is 0.588. The number of amides is 2. The molecule has 6 nitrogen and oxygen atoms in total. The van der Waals surface area contributed by atoms with E-state index in [4.69, 9.17) is 15.7 Å². The normalized spacial score (nSPS) is 13.3. The van der Waals surface area contributed by atoms with Crippen molar-refractivity contribution < 1.29 is 19.5 Å². The molecule has 0 fully saturated rings. The van der Waals surface area contributed by atoms with Crippen molar-refractivity contribution in [3.05, 3.63) is 0 Å². The number of carbonyl (C=O) groups excluding carboxylic acids is 2. The Bertz CT molecular complexity index is 232. The fraction of sp³-hybridized carbons (Fsp3) is 0.750. The lowest BCUT2D eigenvalue weighted by atomic mass is 10.2. The number of hydroxylamine groups is 2. The van der Waals surface area contributed by atoms with Crippen molar-refractivity contribution in [2.75, 3.05) is 0 Å². The molecule has 0 unspecified atom stereocenters. The molecule has 82 valence electrons. The van der Waals surface area contributed by atoms with Gasteiger partial charge in [0, 0.05) is 0 Å². The van der Waals surface area contributed by atoms with Gasteiger partial charge in [0.15, 0.2) is 0 Å². The average molecular weight is 204 g/mol. The predicted octanol–water partition coefficient (Wildman–Crippen LogP) is 0.486. The topological polar surface area (TPSA) is 92.9 Å². The first-order chi connectivity index (χ1) is 6.15. The van der Waals surface area contributed by atoms with E-state index in [0.29, 0.717) is 0 Å². The third kappa shape index (κ3) is 4.20. The quantitative estimate of drug-likeness (QED) is 0.479. The molecule has 0 aromatic rings. The molecule has 0 aliphatic heterocycles. The number of hydrogen-bond acceptors (Lipinski definition) is 5.